The van der Waals surface area contributed by atoms with Crippen molar-refractivity contribution in [2.45, 2.75) is 18.6 Å². The number of hydrogen-bond donors (Lipinski definition) is 1. The maximum absolute atomic E-state index is 13.3. The highest BCUT2D eigenvalue weighted by Crippen LogP contribution is 2.36. The summed E-state index contributed by atoms with van der Waals surface area (Å²) in [5.74, 6) is -0.384. The molecule has 4 aromatic rings. The number of halogens is 1. The second kappa shape index (κ2) is 10.3. The number of thiophene rings is 2. The fourth-order valence-electron chi connectivity index (χ4n) is 3.16. The number of benzene rings is 1. The summed E-state index contributed by atoms with van der Waals surface area (Å²) in [6.07, 6.45) is 0. The van der Waals surface area contributed by atoms with Crippen molar-refractivity contribution in [2.75, 3.05) is 18.2 Å². The number of nitrogens with zero attached hydrogens (tertiary/aromatic N) is 3. The Kier molecular flexibility index (Phi) is 7.21. The van der Waals surface area contributed by atoms with Gasteiger partial charge in [0.15, 0.2) is 11.0 Å². The molecule has 0 radical (unpaired) electrons. The molecule has 1 N–H and O–H groups in total. The van der Waals surface area contributed by atoms with Crippen LogP contribution in [0.1, 0.15) is 17.3 Å². The standard InChI is InChI=1S/C22H19FN4O3S3/c1-3-27-19(16-5-4-10-31-16)25-26-22(27)33-12-17(28)24-20-18(21(29)30-2)15(11-32-20)13-6-8-14(23)9-7-13/h4-11H,3,12H2,1-2H3,(H,24,28). The van der Waals surface area contributed by atoms with E-state index in [9.17, 15) is 14.0 Å². The van der Waals surface area contributed by atoms with Gasteiger partial charge in [-0.05, 0) is 36.1 Å². The van der Waals surface area contributed by atoms with E-state index in [-0.39, 0.29) is 23.0 Å². The Labute approximate surface area is 201 Å². The van der Waals surface area contributed by atoms with Crippen molar-refractivity contribution in [2.24, 2.45) is 0 Å². The van der Waals surface area contributed by atoms with Crippen molar-refractivity contribution in [3.8, 4) is 21.8 Å². The van der Waals surface area contributed by atoms with Crippen molar-refractivity contribution in [3.05, 3.63) is 58.5 Å². The molecule has 0 fully saturated rings. The maximum Gasteiger partial charge on any atom is 0.341 e. The molecule has 0 unspecified atom stereocenters. The van der Waals surface area contributed by atoms with Crippen molar-refractivity contribution >= 4 is 51.3 Å². The van der Waals surface area contributed by atoms with E-state index in [0.717, 1.165) is 10.7 Å². The van der Waals surface area contributed by atoms with Gasteiger partial charge in [-0.25, -0.2) is 9.18 Å². The molecule has 0 bridgehead atoms. The Balaban J connectivity index is 1.50. The average Bonchev–Trinajstić information content (AvgIpc) is 3.57. The highest BCUT2D eigenvalue weighted by molar-refractivity contribution is 7.99. The van der Waals surface area contributed by atoms with Crippen molar-refractivity contribution < 1.29 is 18.7 Å². The number of aromatic nitrogens is 3. The number of thioether (sulfide) groups is 1. The zero-order chi connectivity index (χ0) is 23.4. The first-order valence-corrected chi connectivity index (χ1v) is 12.6. The van der Waals surface area contributed by atoms with Crippen LogP contribution in [0.5, 0.6) is 0 Å². The summed E-state index contributed by atoms with van der Waals surface area (Å²) in [5, 5.41) is 16.0. The lowest BCUT2D eigenvalue weighted by molar-refractivity contribution is -0.113. The second-order valence-corrected chi connectivity index (χ2v) is 9.49. The molecule has 0 aliphatic rings. The van der Waals surface area contributed by atoms with Crippen LogP contribution < -0.4 is 5.32 Å². The predicted molar refractivity (Wildman–Crippen MR) is 129 cm³/mol. The zero-order valence-electron chi connectivity index (χ0n) is 17.7. The van der Waals surface area contributed by atoms with Crippen molar-refractivity contribution in [1.82, 2.24) is 14.8 Å². The topological polar surface area (TPSA) is 86.1 Å². The fraction of sp³-hybridized carbons (Fsp3) is 0.182. The van der Waals surface area contributed by atoms with Gasteiger partial charge in [0, 0.05) is 17.5 Å². The van der Waals surface area contributed by atoms with E-state index in [1.807, 2.05) is 29.0 Å². The molecule has 0 aliphatic carbocycles. The number of methoxy groups -OCH3 is 1. The molecule has 7 nitrogen and oxygen atoms in total. The van der Waals surface area contributed by atoms with Gasteiger partial charge < -0.3 is 14.6 Å². The number of ether oxygens (including phenoxy) is 1. The first kappa shape index (κ1) is 23.1. The van der Waals surface area contributed by atoms with Crippen LogP contribution in [-0.2, 0) is 16.1 Å². The average molecular weight is 503 g/mol. The van der Waals surface area contributed by atoms with Crippen molar-refractivity contribution in [1.29, 1.82) is 0 Å². The van der Waals surface area contributed by atoms with Crippen LogP contribution in [0, 0.1) is 5.82 Å². The lowest BCUT2D eigenvalue weighted by Crippen LogP contribution is -2.16. The lowest BCUT2D eigenvalue weighted by Gasteiger charge is -2.08. The molecule has 1 amide bonds. The van der Waals surface area contributed by atoms with E-state index in [1.54, 1.807) is 28.8 Å². The Bertz CT molecular complexity index is 1270. The third-order valence-corrected chi connectivity index (χ3v) is 7.42. The molecule has 0 aliphatic heterocycles. The van der Waals surface area contributed by atoms with E-state index in [4.69, 9.17) is 4.74 Å². The van der Waals surface area contributed by atoms with Gasteiger partial charge in [0.05, 0.1) is 17.7 Å². The van der Waals surface area contributed by atoms with Crippen LogP contribution in [0.15, 0.2) is 52.3 Å². The predicted octanol–water partition coefficient (Wildman–Crippen LogP) is 5.41. The Morgan fingerprint density at radius 1 is 1.18 bits per heavy atom. The van der Waals surface area contributed by atoms with Crippen LogP contribution in [0.25, 0.3) is 21.8 Å². The van der Waals surface area contributed by atoms with Gasteiger partial charge in [0.25, 0.3) is 0 Å². The summed E-state index contributed by atoms with van der Waals surface area (Å²) in [4.78, 5) is 26.2. The van der Waals surface area contributed by atoms with Gasteiger partial charge in [-0.2, -0.15) is 0 Å². The van der Waals surface area contributed by atoms with Crippen LogP contribution in [0.4, 0.5) is 9.39 Å². The SMILES string of the molecule is CCn1c(SCC(=O)Nc2scc(-c3ccc(F)cc3)c2C(=O)OC)nnc1-c1cccs1. The number of nitrogens with one attached hydrogen (secondary N) is 1. The molecular weight excluding hydrogens is 483 g/mol. The first-order valence-electron chi connectivity index (χ1n) is 9.87. The van der Waals surface area contributed by atoms with Crippen LogP contribution in [-0.4, -0.2) is 39.5 Å². The number of esters is 1. The molecule has 3 aromatic heterocycles. The molecule has 3 heterocycles. The minimum atomic E-state index is -0.579. The highest BCUT2D eigenvalue weighted by Gasteiger charge is 2.23. The number of rotatable bonds is 8. The molecule has 0 spiro atoms. The van der Waals surface area contributed by atoms with E-state index in [2.05, 4.69) is 15.5 Å². The Morgan fingerprint density at radius 2 is 1.97 bits per heavy atom. The molecule has 0 saturated heterocycles. The minimum absolute atomic E-state index is 0.0902. The van der Waals surface area contributed by atoms with Crippen LogP contribution in [0.2, 0.25) is 0 Å². The molecule has 0 saturated carbocycles. The van der Waals surface area contributed by atoms with Gasteiger partial charge in [-0.1, -0.05) is 30.0 Å². The van der Waals surface area contributed by atoms with Crippen LogP contribution in [0.3, 0.4) is 0 Å². The van der Waals surface area contributed by atoms with E-state index in [1.165, 1.54) is 42.3 Å². The quantitative estimate of drug-likeness (QED) is 0.256. The molecule has 33 heavy (non-hydrogen) atoms. The number of hydrogen-bond acceptors (Lipinski definition) is 8. The number of carbonyl (C=O) groups excluding carboxylic acids is 2. The Morgan fingerprint density at radius 3 is 2.64 bits per heavy atom. The molecule has 11 heteroatoms. The summed E-state index contributed by atoms with van der Waals surface area (Å²) >= 11 is 4.06. The fourth-order valence-corrected chi connectivity index (χ4v) is 5.65. The van der Waals surface area contributed by atoms with E-state index in [0.29, 0.717) is 27.8 Å². The third kappa shape index (κ3) is 5.00. The summed E-state index contributed by atoms with van der Waals surface area (Å²) in [7, 11) is 1.28. The summed E-state index contributed by atoms with van der Waals surface area (Å²) in [6.45, 7) is 2.67. The number of amides is 1. The van der Waals surface area contributed by atoms with Gasteiger partial charge in [-0.15, -0.1) is 32.9 Å². The van der Waals surface area contributed by atoms with Crippen molar-refractivity contribution in [3.63, 3.8) is 0 Å². The lowest BCUT2D eigenvalue weighted by atomic mass is 10.0. The zero-order valence-corrected chi connectivity index (χ0v) is 20.2. The highest BCUT2D eigenvalue weighted by atomic mass is 32.2. The number of anilines is 1. The van der Waals surface area contributed by atoms with Crippen LogP contribution >= 0.6 is 34.4 Å². The minimum Gasteiger partial charge on any atom is -0.465 e. The van der Waals surface area contributed by atoms with E-state index < -0.39 is 5.97 Å². The molecule has 4 rings (SSSR count). The largest absolute Gasteiger partial charge is 0.465 e. The first-order chi connectivity index (χ1) is 16.0. The normalized spacial score (nSPS) is 10.9. The van der Waals surface area contributed by atoms with Gasteiger partial charge in [0.1, 0.15) is 16.4 Å². The Hall–Kier alpha value is -3.02. The van der Waals surface area contributed by atoms with Gasteiger partial charge in [0.2, 0.25) is 5.91 Å². The molecule has 1 aromatic carbocycles. The summed E-state index contributed by atoms with van der Waals surface area (Å²) < 4.78 is 20.2. The second-order valence-electron chi connectivity index (χ2n) is 6.72. The molecule has 0 atom stereocenters. The molecular formula is C22H19FN4O3S3. The molecule has 170 valence electrons. The van der Waals surface area contributed by atoms with Gasteiger partial charge >= 0.3 is 5.97 Å². The van der Waals surface area contributed by atoms with E-state index >= 15 is 0 Å². The monoisotopic (exact) mass is 502 g/mol. The van der Waals surface area contributed by atoms with Gasteiger partial charge in [-0.3, -0.25) is 4.79 Å². The summed E-state index contributed by atoms with van der Waals surface area (Å²) in [6, 6.07) is 9.72. The smallest absolute Gasteiger partial charge is 0.341 e. The number of carbonyl (C=O) groups is 2. The third-order valence-electron chi connectivity index (χ3n) is 4.70. The maximum atomic E-state index is 13.3. The summed E-state index contributed by atoms with van der Waals surface area (Å²) in [5.41, 5.74) is 1.46.